The third-order valence-electron chi connectivity index (χ3n) is 0.681. The topological polar surface area (TPSA) is 101 Å². The molecular formula is C5H5NO5. The van der Waals surface area contributed by atoms with Crippen molar-refractivity contribution in [2.75, 3.05) is 0 Å². The number of carboxylic acid groups (broad SMARTS) is 1. The van der Waals surface area contributed by atoms with Gasteiger partial charge in [0.1, 0.15) is 0 Å². The third-order valence-corrected chi connectivity index (χ3v) is 0.681. The zero-order chi connectivity index (χ0) is 8.85. The second kappa shape index (κ2) is 4.04. The van der Waals surface area contributed by atoms with E-state index in [1.165, 1.54) is 0 Å². The van der Waals surface area contributed by atoms with Gasteiger partial charge in [0.05, 0.1) is 4.92 Å². The maximum absolute atomic E-state index is 9.85. The maximum Gasteiger partial charge on any atom is 0.370 e. The van der Waals surface area contributed by atoms with Crippen LogP contribution in [0.4, 0.5) is 0 Å². The van der Waals surface area contributed by atoms with E-state index in [9.17, 15) is 14.9 Å². The molecule has 0 aromatic heterocycles. The number of hydrogen-bond donors (Lipinski definition) is 2. The van der Waals surface area contributed by atoms with Crippen LogP contribution in [0, 0.1) is 10.1 Å². The van der Waals surface area contributed by atoms with Crippen molar-refractivity contribution in [2.45, 2.75) is 0 Å². The van der Waals surface area contributed by atoms with Crippen LogP contribution in [0.25, 0.3) is 0 Å². The first-order valence-electron chi connectivity index (χ1n) is 2.48. The van der Waals surface area contributed by atoms with Gasteiger partial charge in [-0.3, -0.25) is 10.1 Å². The van der Waals surface area contributed by atoms with Crippen molar-refractivity contribution in [3.05, 3.63) is 34.2 Å². The highest BCUT2D eigenvalue weighted by Gasteiger charge is 2.00. The van der Waals surface area contributed by atoms with Gasteiger partial charge in [0.25, 0.3) is 0 Å². The van der Waals surface area contributed by atoms with Crippen LogP contribution in [0.3, 0.4) is 0 Å². The summed E-state index contributed by atoms with van der Waals surface area (Å²) in [5.74, 6) is -2.47. The molecular weight excluding hydrogens is 154 g/mol. The summed E-state index contributed by atoms with van der Waals surface area (Å²) in [6.07, 6.45) is 2.05. The monoisotopic (exact) mass is 159 g/mol. The molecule has 0 aliphatic rings. The molecule has 0 aliphatic carbocycles. The van der Waals surface area contributed by atoms with Gasteiger partial charge >= 0.3 is 5.97 Å². The summed E-state index contributed by atoms with van der Waals surface area (Å²) < 4.78 is 0. The number of allylic oxidation sites excluding steroid dienone is 2. The minimum Gasteiger partial charge on any atom is -0.502 e. The van der Waals surface area contributed by atoms with E-state index in [2.05, 4.69) is 0 Å². The predicted molar refractivity (Wildman–Crippen MR) is 34.5 cm³/mol. The van der Waals surface area contributed by atoms with E-state index >= 15 is 0 Å². The molecule has 0 rings (SSSR count). The average molecular weight is 159 g/mol. The van der Waals surface area contributed by atoms with E-state index in [1.54, 1.807) is 0 Å². The molecule has 0 radical (unpaired) electrons. The van der Waals surface area contributed by atoms with Crippen LogP contribution in [-0.4, -0.2) is 21.1 Å². The lowest BCUT2D eigenvalue weighted by Gasteiger charge is -1.84. The highest BCUT2D eigenvalue weighted by Crippen LogP contribution is 1.88. The number of aliphatic hydroxyl groups excluding tert-OH is 1. The highest BCUT2D eigenvalue weighted by atomic mass is 16.6. The van der Waals surface area contributed by atoms with Crippen molar-refractivity contribution in [1.82, 2.24) is 0 Å². The van der Waals surface area contributed by atoms with Gasteiger partial charge in [0, 0.05) is 6.08 Å². The Kier molecular flexibility index (Phi) is 3.36. The fraction of sp³-hybridized carbons (Fsp3) is 0. The average Bonchev–Trinajstić information content (AvgIpc) is 1.86. The molecule has 0 atom stereocenters. The smallest absolute Gasteiger partial charge is 0.370 e. The van der Waals surface area contributed by atoms with E-state index in [-0.39, 0.29) is 0 Å². The third kappa shape index (κ3) is 4.64. The Morgan fingerprint density at radius 1 is 1.45 bits per heavy atom. The molecule has 0 saturated carbocycles. The molecule has 0 saturated heterocycles. The normalized spacial score (nSPS) is 11.8. The molecule has 6 nitrogen and oxygen atoms in total. The van der Waals surface area contributed by atoms with Gasteiger partial charge in [0.2, 0.25) is 12.0 Å². The van der Waals surface area contributed by atoms with Crippen LogP contribution in [0.1, 0.15) is 0 Å². The molecule has 6 heteroatoms. The molecule has 60 valence electrons. The van der Waals surface area contributed by atoms with Crippen LogP contribution in [0.5, 0.6) is 0 Å². The van der Waals surface area contributed by atoms with E-state index < -0.39 is 16.7 Å². The molecule has 0 aromatic carbocycles. The fourth-order valence-corrected chi connectivity index (χ4v) is 0.276. The zero-order valence-corrected chi connectivity index (χ0v) is 5.30. The lowest BCUT2D eigenvalue weighted by atomic mass is 10.4. The summed E-state index contributed by atoms with van der Waals surface area (Å²) in [6, 6.07) is 0. The number of aliphatic hydroxyl groups is 1. The van der Waals surface area contributed by atoms with Crippen molar-refractivity contribution in [3.63, 3.8) is 0 Å². The molecule has 0 spiro atoms. The Hall–Kier alpha value is -1.85. The van der Waals surface area contributed by atoms with E-state index in [4.69, 9.17) is 10.2 Å². The Labute approximate surface area is 61.2 Å². The first-order valence-corrected chi connectivity index (χ1v) is 2.48. The van der Waals surface area contributed by atoms with Crippen LogP contribution in [0.15, 0.2) is 24.1 Å². The standard InChI is InChI=1S/C5H5NO5/c7-4(5(8)9)2-1-3-6(10)11/h1-3,7H,(H,8,9)/b3-1+,4-2-. The Balaban J connectivity index is 4.13. The molecule has 0 fully saturated rings. The van der Waals surface area contributed by atoms with Gasteiger partial charge in [-0.2, -0.15) is 0 Å². The van der Waals surface area contributed by atoms with Crippen LogP contribution in [0.2, 0.25) is 0 Å². The minimum absolute atomic E-state index is 0.513. The number of nitro groups is 1. The van der Waals surface area contributed by atoms with E-state index in [0.29, 0.717) is 12.3 Å². The van der Waals surface area contributed by atoms with Gasteiger partial charge in [-0.05, 0) is 6.08 Å². The predicted octanol–water partition coefficient (Wildman–Crippen LogP) is 0.303. The summed E-state index contributed by atoms with van der Waals surface area (Å²) in [6.45, 7) is 0. The van der Waals surface area contributed by atoms with Crippen molar-refractivity contribution in [1.29, 1.82) is 0 Å². The molecule has 2 N–H and O–H groups in total. The summed E-state index contributed by atoms with van der Waals surface area (Å²) in [5.41, 5.74) is 0. The molecule has 0 heterocycles. The number of rotatable bonds is 3. The highest BCUT2D eigenvalue weighted by molar-refractivity contribution is 5.83. The minimum atomic E-state index is -1.53. The van der Waals surface area contributed by atoms with Crippen LogP contribution < -0.4 is 0 Å². The molecule has 0 unspecified atom stereocenters. The summed E-state index contributed by atoms with van der Waals surface area (Å²) in [5, 5.41) is 26.1. The van der Waals surface area contributed by atoms with Crippen molar-refractivity contribution in [3.8, 4) is 0 Å². The number of carbonyl (C=O) groups is 1. The van der Waals surface area contributed by atoms with Gasteiger partial charge in [-0.15, -0.1) is 0 Å². The lowest BCUT2D eigenvalue weighted by Crippen LogP contribution is -1.97. The van der Waals surface area contributed by atoms with Gasteiger partial charge < -0.3 is 10.2 Å². The van der Waals surface area contributed by atoms with Crippen molar-refractivity contribution < 1.29 is 19.9 Å². The SMILES string of the molecule is O=C(O)/C(O)=C/C=C/[N+](=O)[O-]. The van der Waals surface area contributed by atoms with Gasteiger partial charge in [-0.1, -0.05) is 0 Å². The van der Waals surface area contributed by atoms with Gasteiger partial charge in [0.15, 0.2) is 0 Å². The summed E-state index contributed by atoms with van der Waals surface area (Å²) in [7, 11) is 0. The van der Waals surface area contributed by atoms with Crippen LogP contribution >= 0.6 is 0 Å². The van der Waals surface area contributed by atoms with Crippen molar-refractivity contribution in [2.24, 2.45) is 0 Å². The van der Waals surface area contributed by atoms with Gasteiger partial charge in [-0.25, -0.2) is 4.79 Å². The Bertz CT molecular complexity index is 229. The second-order valence-corrected chi connectivity index (χ2v) is 1.48. The first kappa shape index (κ1) is 9.15. The number of hydrogen-bond acceptors (Lipinski definition) is 4. The first-order chi connectivity index (χ1) is 5.04. The molecule has 0 bridgehead atoms. The van der Waals surface area contributed by atoms with Crippen molar-refractivity contribution >= 4 is 5.97 Å². The maximum atomic E-state index is 9.85. The fourth-order valence-electron chi connectivity index (χ4n) is 0.276. The Morgan fingerprint density at radius 2 is 2.00 bits per heavy atom. The summed E-state index contributed by atoms with van der Waals surface area (Å²) in [4.78, 5) is 18.7. The molecule has 0 aromatic rings. The largest absolute Gasteiger partial charge is 0.502 e. The molecule has 11 heavy (non-hydrogen) atoms. The van der Waals surface area contributed by atoms with E-state index in [1.807, 2.05) is 0 Å². The Morgan fingerprint density at radius 3 is 2.36 bits per heavy atom. The van der Waals surface area contributed by atoms with E-state index in [0.717, 1.165) is 6.08 Å². The second-order valence-electron chi connectivity index (χ2n) is 1.48. The summed E-state index contributed by atoms with van der Waals surface area (Å²) >= 11 is 0. The number of carboxylic acids is 1. The number of aliphatic carboxylic acids is 1. The quantitative estimate of drug-likeness (QED) is 0.203. The number of nitrogens with zero attached hydrogens (tertiary/aromatic N) is 1. The zero-order valence-electron chi connectivity index (χ0n) is 5.30. The van der Waals surface area contributed by atoms with Crippen LogP contribution in [-0.2, 0) is 4.79 Å². The lowest BCUT2D eigenvalue weighted by molar-refractivity contribution is -0.402. The molecule has 0 aliphatic heterocycles. The molecule has 0 amide bonds.